The van der Waals surface area contributed by atoms with Crippen LogP contribution in [0.1, 0.15) is 72.6 Å². The van der Waals surface area contributed by atoms with Crippen LogP contribution in [0.25, 0.3) is 0 Å². The Labute approximate surface area is 124 Å². The van der Waals surface area contributed by atoms with Crippen molar-refractivity contribution in [2.24, 2.45) is 11.8 Å². The molecule has 20 heavy (non-hydrogen) atoms. The Morgan fingerprint density at radius 1 is 1.25 bits per heavy atom. The molecule has 2 rings (SSSR count). The molecule has 1 amide bonds. The molecular weight excluding hydrogens is 248 g/mol. The van der Waals surface area contributed by atoms with E-state index >= 15 is 0 Å². The van der Waals surface area contributed by atoms with E-state index in [1.165, 1.54) is 32.1 Å². The van der Waals surface area contributed by atoms with Crippen molar-refractivity contribution in [3.05, 3.63) is 0 Å². The lowest BCUT2D eigenvalue weighted by atomic mass is 9.86. The minimum Gasteiger partial charge on any atom is -0.323 e. The third-order valence-corrected chi connectivity index (χ3v) is 5.08. The molecule has 3 heteroatoms. The predicted octanol–water partition coefficient (Wildman–Crippen LogP) is 3.54. The number of nitrogens with zero attached hydrogens (tertiary/aromatic N) is 1. The van der Waals surface area contributed by atoms with Crippen LogP contribution in [0.3, 0.4) is 0 Å². The molecule has 0 aromatic carbocycles. The third-order valence-electron chi connectivity index (χ3n) is 5.08. The number of hydrogen-bond acceptors (Lipinski definition) is 2. The van der Waals surface area contributed by atoms with Crippen LogP contribution < -0.4 is 5.32 Å². The SMILES string of the molecule is CCCCC1NC(C(C)C)N(C2CCC(C)CC2)C1=O. The third kappa shape index (κ3) is 3.36. The summed E-state index contributed by atoms with van der Waals surface area (Å²) in [5, 5.41) is 3.61. The first-order chi connectivity index (χ1) is 9.54. The van der Waals surface area contributed by atoms with Crippen LogP contribution in [0.4, 0.5) is 0 Å². The molecule has 0 bridgehead atoms. The first kappa shape index (κ1) is 15.8. The Hall–Kier alpha value is -0.570. The number of amides is 1. The summed E-state index contributed by atoms with van der Waals surface area (Å²) in [5.74, 6) is 1.70. The molecule has 2 aliphatic rings. The van der Waals surface area contributed by atoms with E-state index in [-0.39, 0.29) is 12.2 Å². The van der Waals surface area contributed by atoms with Crippen molar-refractivity contribution >= 4 is 5.91 Å². The Balaban J connectivity index is 2.05. The van der Waals surface area contributed by atoms with Crippen molar-refractivity contribution in [2.75, 3.05) is 0 Å². The van der Waals surface area contributed by atoms with Crippen LogP contribution in [0.2, 0.25) is 0 Å². The number of unbranched alkanes of at least 4 members (excludes halogenated alkanes) is 1. The van der Waals surface area contributed by atoms with Crippen LogP contribution in [0, 0.1) is 11.8 Å². The number of carbonyl (C=O) groups excluding carboxylic acids is 1. The summed E-state index contributed by atoms with van der Waals surface area (Å²) in [6.07, 6.45) is 8.50. The molecule has 1 heterocycles. The van der Waals surface area contributed by atoms with Gasteiger partial charge >= 0.3 is 0 Å². The zero-order chi connectivity index (χ0) is 14.7. The summed E-state index contributed by atoms with van der Waals surface area (Å²) >= 11 is 0. The Morgan fingerprint density at radius 3 is 2.45 bits per heavy atom. The second kappa shape index (κ2) is 6.93. The second-order valence-electron chi connectivity index (χ2n) is 7.21. The molecule has 2 fully saturated rings. The average Bonchev–Trinajstić information content (AvgIpc) is 2.75. The molecule has 1 aliphatic heterocycles. The molecule has 1 saturated heterocycles. The summed E-state index contributed by atoms with van der Waals surface area (Å²) in [5.41, 5.74) is 0. The van der Waals surface area contributed by atoms with Crippen LogP contribution in [0.15, 0.2) is 0 Å². The zero-order valence-electron chi connectivity index (χ0n) is 13.7. The van der Waals surface area contributed by atoms with E-state index in [0.29, 0.717) is 17.9 Å². The van der Waals surface area contributed by atoms with Crippen molar-refractivity contribution in [1.29, 1.82) is 0 Å². The molecule has 116 valence electrons. The molecular formula is C17H32N2O. The van der Waals surface area contributed by atoms with Gasteiger partial charge in [0.15, 0.2) is 0 Å². The van der Waals surface area contributed by atoms with Gasteiger partial charge in [-0.15, -0.1) is 0 Å². The van der Waals surface area contributed by atoms with Gasteiger partial charge in [-0.3, -0.25) is 10.1 Å². The van der Waals surface area contributed by atoms with Crippen LogP contribution in [0.5, 0.6) is 0 Å². The van der Waals surface area contributed by atoms with Gasteiger partial charge in [-0.1, -0.05) is 40.5 Å². The minimum atomic E-state index is 0.0710. The lowest BCUT2D eigenvalue weighted by Gasteiger charge is -2.38. The number of rotatable bonds is 5. The number of carbonyl (C=O) groups is 1. The highest BCUT2D eigenvalue weighted by atomic mass is 16.2. The van der Waals surface area contributed by atoms with Gasteiger partial charge in [0.1, 0.15) is 0 Å². The van der Waals surface area contributed by atoms with Gasteiger partial charge in [0.05, 0.1) is 12.2 Å². The van der Waals surface area contributed by atoms with Crippen molar-refractivity contribution in [3.63, 3.8) is 0 Å². The molecule has 2 atom stereocenters. The maximum absolute atomic E-state index is 12.8. The highest BCUT2D eigenvalue weighted by Crippen LogP contribution is 2.32. The van der Waals surface area contributed by atoms with Gasteiger partial charge in [-0.25, -0.2) is 0 Å². The molecule has 3 nitrogen and oxygen atoms in total. The van der Waals surface area contributed by atoms with Gasteiger partial charge in [-0.2, -0.15) is 0 Å². The van der Waals surface area contributed by atoms with E-state index in [2.05, 4.69) is 37.9 Å². The first-order valence-corrected chi connectivity index (χ1v) is 8.62. The molecule has 0 spiro atoms. The van der Waals surface area contributed by atoms with Crippen molar-refractivity contribution in [3.8, 4) is 0 Å². The van der Waals surface area contributed by atoms with Crippen LogP contribution in [-0.2, 0) is 4.79 Å². The smallest absolute Gasteiger partial charge is 0.241 e. The average molecular weight is 280 g/mol. The quantitative estimate of drug-likeness (QED) is 0.835. The normalized spacial score (nSPS) is 35.0. The lowest BCUT2D eigenvalue weighted by Crippen LogP contribution is -2.48. The van der Waals surface area contributed by atoms with Crippen molar-refractivity contribution in [1.82, 2.24) is 10.2 Å². The standard InChI is InChI=1S/C17H32N2O/c1-5-6-7-15-17(20)19(16(18-15)12(2)3)14-10-8-13(4)9-11-14/h12-16,18H,5-11H2,1-4H3. The van der Waals surface area contributed by atoms with Gasteiger partial charge in [0.2, 0.25) is 5.91 Å². The van der Waals surface area contributed by atoms with Crippen molar-refractivity contribution < 1.29 is 4.79 Å². The summed E-state index contributed by atoms with van der Waals surface area (Å²) in [6.45, 7) is 8.99. The van der Waals surface area contributed by atoms with E-state index in [9.17, 15) is 4.79 Å². The van der Waals surface area contributed by atoms with E-state index < -0.39 is 0 Å². The van der Waals surface area contributed by atoms with Gasteiger partial charge in [-0.05, 0) is 43.9 Å². The maximum atomic E-state index is 12.8. The summed E-state index contributed by atoms with van der Waals surface area (Å²) in [7, 11) is 0. The number of nitrogens with one attached hydrogen (secondary N) is 1. The lowest BCUT2D eigenvalue weighted by molar-refractivity contribution is -0.133. The van der Waals surface area contributed by atoms with Gasteiger partial charge in [0, 0.05) is 6.04 Å². The van der Waals surface area contributed by atoms with E-state index in [4.69, 9.17) is 0 Å². The maximum Gasteiger partial charge on any atom is 0.241 e. The Morgan fingerprint density at radius 2 is 1.90 bits per heavy atom. The van der Waals surface area contributed by atoms with Crippen molar-refractivity contribution in [2.45, 2.75) is 90.9 Å². The minimum absolute atomic E-state index is 0.0710. The highest BCUT2D eigenvalue weighted by molar-refractivity contribution is 5.84. The molecule has 2 unspecified atom stereocenters. The molecule has 1 saturated carbocycles. The molecule has 1 aliphatic carbocycles. The molecule has 0 aromatic heterocycles. The molecule has 1 N–H and O–H groups in total. The van der Waals surface area contributed by atoms with Gasteiger partial charge in [0.25, 0.3) is 0 Å². The van der Waals surface area contributed by atoms with Gasteiger partial charge < -0.3 is 4.90 Å². The largest absolute Gasteiger partial charge is 0.323 e. The second-order valence-corrected chi connectivity index (χ2v) is 7.21. The summed E-state index contributed by atoms with van der Waals surface area (Å²) in [6, 6.07) is 0.548. The van der Waals surface area contributed by atoms with E-state index in [1.54, 1.807) is 0 Å². The molecule has 0 radical (unpaired) electrons. The number of hydrogen-bond donors (Lipinski definition) is 1. The monoisotopic (exact) mass is 280 g/mol. The highest BCUT2D eigenvalue weighted by Gasteiger charge is 2.43. The van der Waals surface area contributed by atoms with E-state index in [1.807, 2.05) is 0 Å². The fourth-order valence-corrected chi connectivity index (χ4v) is 3.73. The van der Waals surface area contributed by atoms with E-state index in [0.717, 1.165) is 18.8 Å². The topological polar surface area (TPSA) is 32.3 Å². The fourth-order valence-electron chi connectivity index (χ4n) is 3.73. The zero-order valence-corrected chi connectivity index (χ0v) is 13.7. The molecule has 0 aromatic rings. The Kier molecular flexibility index (Phi) is 5.48. The predicted molar refractivity (Wildman–Crippen MR) is 83.3 cm³/mol. The fraction of sp³-hybridized carbons (Fsp3) is 0.941. The first-order valence-electron chi connectivity index (χ1n) is 8.62. The van der Waals surface area contributed by atoms with Crippen LogP contribution >= 0.6 is 0 Å². The summed E-state index contributed by atoms with van der Waals surface area (Å²) < 4.78 is 0. The Bertz CT molecular complexity index is 321. The van der Waals surface area contributed by atoms with Crippen LogP contribution in [-0.4, -0.2) is 29.1 Å². The summed E-state index contributed by atoms with van der Waals surface area (Å²) in [4.78, 5) is 15.0.